The molecule has 0 unspecified atom stereocenters. The maximum Gasteiger partial charge on any atom is 0.161 e. The van der Waals surface area contributed by atoms with Crippen molar-refractivity contribution in [2.24, 2.45) is 4.99 Å². The van der Waals surface area contributed by atoms with Crippen molar-refractivity contribution in [2.45, 2.75) is 13.5 Å². The van der Waals surface area contributed by atoms with Gasteiger partial charge in [0.15, 0.2) is 11.5 Å². The Kier molecular flexibility index (Phi) is 6.90. The molecule has 3 rings (SSSR count). The van der Waals surface area contributed by atoms with E-state index in [0.29, 0.717) is 40.4 Å². The average molecular weight is 418 g/mol. The van der Waals surface area contributed by atoms with E-state index in [1.807, 2.05) is 25.1 Å². The van der Waals surface area contributed by atoms with E-state index in [-0.39, 0.29) is 5.82 Å². The van der Waals surface area contributed by atoms with Crippen molar-refractivity contribution in [1.82, 2.24) is 0 Å². The maximum atomic E-state index is 13.0. The summed E-state index contributed by atoms with van der Waals surface area (Å²) in [6, 6.07) is 16.8. The van der Waals surface area contributed by atoms with Crippen LogP contribution in [0.4, 0.5) is 10.1 Å². The van der Waals surface area contributed by atoms with Crippen molar-refractivity contribution in [3.05, 3.63) is 87.7 Å². The molecule has 3 aromatic carbocycles. The van der Waals surface area contributed by atoms with Crippen molar-refractivity contribution in [2.75, 3.05) is 6.61 Å². The molecule has 28 heavy (non-hydrogen) atoms. The fraction of sp³-hybridized carbons (Fsp3) is 0.136. The van der Waals surface area contributed by atoms with Crippen LogP contribution in [-0.2, 0) is 6.61 Å². The molecule has 0 aromatic heterocycles. The molecule has 0 aliphatic carbocycles. The molecule has 3 nitrogen and oxygen atoms in total. The van der Waals surface area contributed by atoms with Gasteiger partial charge >= 0.3 is 0 Å². The van der Waals surface area contributed by atoms with Crippen LogP contribution in [0.15, 0.2) is 65.7 Å². The van der Waals surface area contributed by atoms with Crippen molar-refractivity contribution in [3.8, 4) is 11.5 Å². The topological polar surface area (TPSA) is 30.8 Å². The number of hydrogen-bond donors (Lipinski definition) is 0. The van der Waals surface area contributed by atoms with E-state index in [0.717, 1.165) is 11.1 Å². The van der Waals surface area contributed by atoms with Gasteiger partial charge in [0.2, 0.25) is 0 Å². The molecular formula is C22H18Cl2FNO2. The van der Waals surface area contributed by atoms with Gasteiger partial charge in [-0.2, -0.15) is 0 Å². The molecule has 0 fully saturated rings. The van der Waals surface area contributed by atoms with E-state index < -0.39 is 0 Å². The van der Waals surface area contributed by atoms with Crippen LogP contribution in [0.1, 0.15) is 18.1 Å². The van der Waals surface area contributed by atoms with Crippen molar-refractivity contribution >= 4 is 35.1 Å². The second kappa shape index (κ2) is 9.58. The maximum absolute atomic E-state index is 13.0. The van der Waals surface area contributed by atoms with Crippen LogP contribution in [0.5, 0.6) is 11.5 Å². The standard InChI is InChI=1S/C22H18Cl2FNO2/c1-2-27-22-9-16(13-26-20-11-17(23)10-18(24)12-20)5-8-21(22)28-14-15-3-6-19(25)7-4-15/h3-13H,2,14H2,1H3. The smallest absolute Gasteiger partial charge is 0.161 e. The second-order valence-corrected chi connectivity index (χ2v) is 6.81. The summed E-state index contributed by atoms with van der Waals surface area (Å²) >= 11 is 12.0. The van der Waals surface area contributed by atoms with Crippen molar-refractivity contribution in [3.63, 3.8) is 0 Å². The van der Waals surface area contributed by atoms with Gasteiger partial charge in [-0.15, -0.1) is 0 Å². The van der Waals surface area contributed by atoms with Crippen LogP contribution in [0.2, 0.25) is 10.0 Å². The lowest BCUT2D eigenvalue weighted by molar-refractivity contribution is 0.269. The summed E-state index contributed by atoms with van der Waals surface area (Å²) in [6.45, 7) is 2.71. The number of halogens is 3. The Morgan fingerprint density at radius 1 is 0.893 bits per heavy atom. The minimum Gasteiger partial charge on any atom is -0.490 e. The van der Waals surface area contributed by atoms with Crippen LogP contribution < -0.4 is 9.47 Å². The Balaban J connectivity index is 1.76. The predicted molar refractivity (Wildman–Crippen MR) is 112 cm³/mol. The Morgan fingerprint density at radius 2 is 1.61 bits per heavy atom. The van der Waals surface area contributed by atoms with Crippen LogP contribution in [0, 0.1) is 5.82 Å². The summed E-state index contributed by atoms with van der Waals surface area (Å²) in [4.78, 5) is 4.41. The normalized spacial score (nSPS) is 11.0. The highest BCUT2D eigenvalue weighted by atomic mass is 35.5. The summed E-state index contributed by atoms with van der Waals surface area (Å²) in [5.74, 6) is 0.940. The molecule has 6 heteroatoms. The predicted octanol–water partition coefficient (Wildman–Crippen LogP) is 6.86. The first-order valence-electron chi connectivity index (χ1n) is 8.68. The lowest BCUT2D eigenvalue weighted by atomic mass is 10.2. The Morgan fingerprint density at radius 3 is 2.29 bits per heavy atom. The Labute approximate surface area is 173 Å². The Hall–Kier alpha value is -2.56. The molecule has 3 aromatic rings. The molecular weight excluding hydrogens is 400 g/mol. The largest absolute Gasteiger partial charge is 0.490 e. The third-order valence-corrected chi connectivity index (χ3v) is 4.22. The van der Waals surface area contributed by atoms with Gasteiger partial charge in [-0.3, -0.25) is 4.99 Å². The van der Waals surface area contributed by atoms with Crippen LogP contribution >= 0.6 is 23.2 Å². The van der Waals surface area contributed by atoms with Crippen LogP contribution in [0.3, 0.4) is 0 Å². The van der Waals surface area contributed by atoms with Gasteiger partial charge in [-0.25, -0.2) is 4.39 Å². The van der Waals surface area contributed by atoms with Gasteiger partial charge in [0.1, 0.15) is 12.4 Å². The molecule has 0 bridgehead atoms. The minimum atomic E-state index is -0.275. The number of benzene rings is 3. The number of rotatable bonds is 7. The van der Waals surface area contributed by atoms with E-state index >= 15 is 0 Å². The molecule has 0 aliphatic rings. The summed E-state index contributed by atoms with van der Waals surface area (Å²) in [7, 11) is 0. The highest BCUT2D eigenvalue weighted by molar-refractivity contribution is 6.35. The van der Waals surface area contributed by atoms with Gasteiger partial charge in [0.25, 0.3) is 0 Å². The fourth-order valence-corrected chi connectivity index (χ4v) is 3.01. The molecule has 0 heterocycles. The quantitative estimate of drug-likeness (QED) is 0.393. The lowest BCUT2D eigenvalue weighted by Crippen LogP contribution is -2.00. The van der Waals surface area contributed by atoms with E-state index in [1.165, 1.54) is 12.1 Å². The van der Waals surface area contributed by atoms with E-state index in [9.17, 15) is 4.39 Å². The SMILES string of the molecule is CCOc1cc(C=Nc2cc(Cl)cc(Cl)c2)ccc1OCc1ccc(F)cc1. The highest BCUT2D eigenvalue weighted by Crippen LogP contribution is 2.29. The average Bonchev–Trinajstić information content (AvgIpc) is 2.66. The van der Waals surface area contributed by atoms with Gasteiger partial charge in [-0.1, -0.05) is 35.3 Å². The summed E-state index contributed by atoms with van der Waals surface area (Å²) in [5, 5.41) is 1.05. The van der Waals surface area contributed by atoms with Crippen LogP contribution in [0.25, 0.3) is 0 Å². The third-order valence-electron chi connectivity index (χ3n) is 3.79. The van der Waals surface area contributed by atoms with E-state index in [2.05, 4.69) is 4.99 Å². The van der Waals surface area contributed by atoms with Gasteiger partial charge < -0.3 is 9.47 Å². The van der Waals surface area contributed by atoms with Crippen LogP contribution in [-0.4, -0.2) is 12.8 Å². The monoisotopic (exact) mass is 417 g/mol. The minimum absolute atomic E-state index is 0.275. The molecule has 0 saturated heterocycles. The van der Waals surface area contributed by atoms with Gasteiger partial charge in [0, 0.05) is 16.3 Å². The zero-order valence-electron chi connectivity index (χ0n) is 15.2. The lowest BCUT2D eigenvalue weighted by Gasteiger charge is -2.12. The van der Waals surface area contributed by atoms with Crippen molar-refractivity contribution in [1.29, 1.82) is 0 Å². The fourth-order valence-electron chi connectivity index (χ4n) is 2.50. The first-order valence-corrected chi connectivity index (χ1v) is 9.43. The number of aliphatic imine (C=N–C) groups is 1. The Bertz CT molecular complexity index is 955. The van der Waals surface area contributed by atoms with E-state index in [4.69, 9.17) is 32.7 Å². The summed E-state index contributed by atoms with van der Waals surface area (Å²) in [6.07, 6.45) is 1.70. The van der Waals surface area contributed by atoms with E-state index in [1.54, 1.807) is 36.5 Å². The van der Waals surface area contributed by atoms with Gasteiger partial charge in [0.05, 0.1) is 12.3 Å². The number of nitrogens with zero attached hydrogens (tertiary/aromatic N) is 1. The molecule has 144 valence electrons. The molecule has 0 spiro atoms. The zero-order chi connectivity index (χ0) is 19.9. The second-order valence-electron chi connectivity index (χ2n) is 5.94. The molecule has 0 N–H and O–H groups in total. The van der Waals surface area contributed by atoms with Gasteiger partial charge in [-0.05, 0) is 66.6 Å². The summed E-state index contributed by atoms with van der Waals surface area (Å²) < 4.78 is 24.5. The van der Waals surface area contributed by atoms with Crippen molar-refractivity contribution < 1.29 is 13.9 Å². The molecule has 0 atom stereocenters. The number of hydrogen-bond acceptors (Lipinski definition) is 3. The first kappa shape index (κ1) is 20.2. The zero-order valence-corrected chi connectivity index (χ0v) is 16.7. The molecule has 0 saturated carbocycles. The molecule has 0 amide bonds. The first-order chi connectivity index (χ1) is 13.5. The highest BCUT2D eigenvalue weighted by Gasteiger charge is 2.07. The molecule has 0 aliphatic heterocycles. The summed E-state index contributed by atoms with van der Waals surface area (Å²) in [5.41, 5.74) is 2.37. The molecule has 0 radical (unpaired) electrons. The number of ether oxygens (including phenoxy) is 2. The third kappa shape index (κ3) is 5.72.